The molecule has 14 heteroatoms. The molecule has 4 amide bonds. The minimum atomic E-state index is -1.32. The lowest BCUT2D eigenvalue weighted by atomic mass is 9.85. The second kappa shape index (κ2) is 13.9. The highest BCUT2D eigenvalue weighted by molar-refractivity contribution is 6.41. The predicted molar refractivity (Wildman–Crippen MR) is 171 cm³/mol. The highest BCUT2D eigenvalue weighted by Gasteiger charge is 2.44. The number of carbonyl (C=O) groups is 5. The third kappa shape index (κ3) is 7.43. The number of hydrogen-bond donors (Lipinski definition) is 3. The zero-order valence-corrected chi connectivity index (χ0v) is 26.8. The van der Waals surface area contributed by atoms with Crippen molar-refractivity contribution in [1.82, 2.24) is 30.2 Å². The number of Topliss-reactive ketones (excluding diaryl/α,β-unsaturated/α-hetero) is 1. The van der Waals surface area contributed by atoms with Gasteiger partial charge in [-0.2, -0.15) is 0 Å². The molecule has 2 aliphatic rings. The van der Waals surface area contributed by atoms with Crippen LogP contribution >= 0.6 is 0 Å². The van der Waals surface area contributed by atoms with Crippen molar-refractivity contribution >= 4 is 45.9 Å². The lowest BCUT2D eigenvalue weighted by Gasteiger charge is -2.27. The minimum absolute atomic E-state index is 0.0146. The van der Waals surface area contributed by atoms with Crippen molar-refractivity contribution in [2.45, 2.75) is 89.4 Å². The van der Waals surface area contributed by atoms with Gasteiger partial charge in [-0.25, -0.2) is 9.67 Å². The number of hydrogen-bond acceptors (Lipinski definition) is 9. The molecule has 0 spiro atoms. The number of aliphatic hydroxyl groups is 1. The molecule has 2 fully saturated rings. The number of carbonyl (C=O) groups excluding carboxylic acids is 5. The first-order valence-corrected chi connectivity index (χ1v) is 15.9. The fourth-order valence-corrected chi connectivity index (χ4v) is 6.51. The van der Waals surface area contributed by atoms with Gasteiger partial charge in [-0.15, -0.1) is 5.10 Å². The Hall–Kier alpha value is -4.85. The standard InChI is InChI=1S/C33H40N8O6/c1-19(28(42)29(34)43)37-31(45)26-15-22(41-27(17-36-39-41)33(2,3)47)18-40(26)32(46)25(14-20-8-5-4-6-9-20)38-30(44)24-11-7-10-21-16-35-13-12-23(21)24/h7,10-13,16-17,19-20,22,26,47H,4-6,8-9,14-15,18H2,1-3H3,(H2,34,43)(H,37,45)/t19?,22-,26-/m0/s1. The smallest absolute Gasteiger partial charge is 0.287 e. The van der Waals surface area contributed by atoms with E-state index in [9.17, 15) is 29.1 Å². The van der Waals surface area contributed by atoms with Crippen molar-refractivity contribution in [2.24, 2.45) is 16.6 Å². The van der Waals surface area contributed by atoms with E-state index in [0.717, 1.165) is 37.5 Å². The van der Waals surface area contributed by atoms with E-state index < -0.39 is 53.1 Å². The number of nitrogens with zero attached hydrogens (tertiary/aromatic N) is 6. The number of likely N-dealkylation sites (tertiary alicyclic amines) is 1. The van der Waals surface area contributed by atoms with Gasteiger partial charge in [0.15, 0.2) is 0 Å². The van der Waals surface area contributed by atoms with Crippen molar-refractivity contribution in [1.29, 1.82) is 0 Å². The van der Waals surface area contributed by atoms with Gasteiger partial charge in [-0.05, 0) is 50.6 Å². The summed E-state index contributed by atoms with van der Waals surface area (Å²) < 4.78 is 1.48. The molecule has 47 heavy (non-hydrogen) atoms. The molecule has 0 radical (unpaired) electrons. The van der Waals surface area contributed by atoms with Gasteiger partial charge in [-0.3, -0.25) is 29.0 Å². The average molecular weight is 645 g/mol. The summed E-state index contributed by atoms with van der Waals surface area (Å²) in [6, 6.07) is 4.00. The Balaban J connectivity index is 1.52. The minimum Gasteiger partial charge on any atom is -0.384 e. The monoisotopic (exact) mass is 644 g/mol. The first-order valence-electron chi connectivity index (χ1n) is 15.9. The first-order chi connectivity index (χ1) is 22.3. The van der Waals surface area contributed by atoms with Crippen LogP contribution in [0.15, 0.2) is 47.8 Å². The summed E-state index contributed by atoms with van der Waals surface area (Å²) in [7, 11) is 0. The quantitative estimate of drug-likeness (QED) is 0.218. The van der Waals surface area contributed by atoms with Crippen LogP contribution in [0.5, 0.6) is 0 Å². The Morgan fingerprint density at radius 1 is 1.11 bits per heavy atom. The second-order valence-corrected chi connectivity index (χ2v) is 12.9. The van der Waals surface area contributed by atoms with Gasteiger partial charge < -0.3 is 21.1 Å². The van der Waals surface area contributed by atoms with Crippen LogP contribution in [0, 0.1) is 5.92 Å². The highest BCUT2D eigenvalue weighted by Crippen LogP contribution is 2.33. The van der Waals surface area contributed by atoms with Crippen LogP contribution < -0.4 is 11.1 Å². The Morgan fingerprint density at radius 2 is 1.85 bits per heavy atom. The lowest BCUT2D eigenvalue weighted by molar-refractivity contribution is -0.139. The summed E-state index contributed by atoms with van der Waals surface area (Å²) in [5.74, 6) is -3.91. The molecule has 14 nitrogen and oxygen atoms in total. The number of aliphatic imine (C=N–C) groups is 1. The van der Waals surface area contributed by atoms with Crippen LogP contribution in [0.3, 0.4) is 0 Å². The number of nitrogens with two attached hydrogens (primary N) is 1. The summed E-state index contributed by atoms with van der Waals surface area (Å²) in [5, 5.41) is 22.8. The maximum Gasteiger partial charge on any atom is 0.287 e. The second-order valence-electron chi connectivity index (χ2n) is 12.9. The number of pyridine rings is 1. The molecule has 3 atom stereocenters. The van der Waals surface area contributed by atoms with E-state index in [0.29, 0.717) is 16.6 Å². The molecular weight excluding hydrogens is 604 g/mol. The number of ketones is 1. The molecule has 5 rings (SSSR count). The molecule has 1 aliphatic heterocycles. The summed E-state index contributed by atoms with van der Waals surface area (Å²) in [4.78, 5) is 75.5. The van der Waals surface area contributed by atoms with Crippen LogP contribution in [0.1, 0.15) is 87.8 Å². The molecule has 1 unspecified atom stereocenters. The molecule has 1 saturated heterocycles. The SMILES string of the molecule is CC(NC(=O)[C@@H]1C[C@H](n2nncc2C(C)(C)O)CN1C(=O)C(CC1CCCCC1)=NC(=O)c1cccc2cnccc12)C(=O)C(N)=O. The van der Waals surface area contributed by atoms with Crippen LogP contribution in [0.25, 0.3) is 10.8 Å². The Kier molecular flexibility index (Phi) is 9.89. The Labute approximate surface area is 271 Å². The Morgan fingerprint density at radius 3 is 2.55 bits per heavy atom. The molecular formula is C33H40N8O6. The van der Waals surface area contributed by atoms with Crippen LogP contribution in [-0.4, -0.2) is 83.7 Å². The first kappa shape index (κ1) is 33.5. The fraction of sp³-hybridized carbons (Fsp3) is 0.485. The maximum atomic E-state index is 14.5. The third-order valence-corrected chi connectivity index (χ3v) is 8.99. The van der Waals surface area contributed by atoms with Gasteiger partial charge in [0.1, 0.15) is 17.4 Å². The van der Waals surface area contributed by atoms with Gasteiger partial charge in [0.05, 0.1) is 24.0 Å². The molecule has 3 aromatic rings. The number of fused-ring (bicyclic) bond motifs is 1. The number of amides is 4. The summed E-state index contributed by atoms with van der Waals surface area (Å²) >= 11 is 0. The van der Waals surface area contributed by atoms with E-state index in [1.54, 1.807) is 44.4 Å². The third-order valence-electron chi connectivity index (χ3n) is 8.99. The molecule has 1 aliphatic carbocycles. The molecule has 3 heterocycles. The van der Waals surface area contributed by atoms with E-state index in [2.05, 4.69) is 25.6 Å². The Bertz CT molecular complexity index is 1720. The summed E-state index contributed by atoms with van der Waals surface area (Å²) in [5.41, 5.74) is 4.56. The molecule has 1 saturated carbocycles. The number of benzene rings is 1. The van der Waals surface area contributed by atoms with E-state index in [1.165, 1.54) is 22.7 Å². The van der Waals surface area contributed by atoms with Gasteiger partial charge in [0, 0.05) is 36.3 Å². The number of primary amides is 1. The van der Waals surface area contributed by atoms with Crippen molar-refractivity contribution < 1.29 is 29.1 Å². The van der Waals surface area contributed by atoms with Gasteiger partial charge in [0.25, 0.3) is 17.7 Å². The van der Waals surface area contributed by atoms with Gasteiger partial charge in [-0.1, -0.05) is 49.5 Å². The zero-order valence-electron chi connectivity index (χ0n) is 26.8. The van der Waals surface area contributed by atoms with E-state index in [-0.39, 0.29) is 31.0 Å². The highest BCUT2D eigenvalue weighted by atomic mass is 16.3. The zero-order chi connectivity index (χ0) is 33.9. The fourth-order valence-electron chi connectivity index (χ4n) is 6.51. The molecule has 4 N–H and O–H groups in total. The largest absolute Gasteiger partial charge is 0.384 e. The topological polar surface area (TPSA) is 203 Å². The average Bonchev–Trinajstić information content (AvgIpc) is 3.72. The van der Waals surface area contributed by atoms with Gasteiger partial charge in [0.2, 0.25) is 11.7 Å². The molecule has 0 bridgehead atoms. The van der Waals surface area contributed by atoms with Crippen molar-refractivity contribution in [3.8, 4) is 0 Å². The number of rotatable bonds is 10. The van der Waals surface area contributed by atoms with Crippen molar-refractivity contribution in [3.63, 3.8) is 0 Å². The van der Waals surface area contributed by atoms with E-state index >= 15 is 0 Å². The predicted octanol–water partition coefficient (Wildman–Crippen LogP) is 2.01. The summed E-state index contributed by atoms with van der Waals surface area (Å²) in [6.07, 6.45) is 9.83. The maximum absolute atomic E-state index is 14.5. The van der Waals surface area contributed by atoms with Crippen LogP contribution in [-0.2, 0) is 24.8 Å². The van der Waals surface area contributed by atoms with Crippen LogP contribution in [0.4, 0.5) is 0 Å². The van der Waals surface area contributed by atoms with E-state index in [4.69, 9.17) is 5.73 Å². The normalized spacial score (nSPS) is 19.8. The van der Waals surface area contributed by atoms with Crippen LogP contribution in [0.2, 0.25) is 0 Å². The number of nitrogens with one attached hydrogen (secondary N) is 1. The molecule has 1 aromatic carbocycles. The molecule has 248 valence electrons. The summed E-state index contributed by atoms with van der Waals surface area (Å²) in [6.45, 7) is 4.47. The van der Waals surface area contributed by atoms with Crippen molar-refractivity contribution in [2.75, 3.05) is 6.54 Å². The lowest BCUT2D eigenvalue weighted by Crippen LogP contribution is -2.52. The van der Waals surface area contributed by atoms with Gasteiger partial charge >= 0.3 is 0 Å². The van der Waals surface area contributed by atoms with E-state index in [1.807, 2.05) is 6.07 Å². The number of aromatic nitrogens is 4. The molecule has 2 aromatic heterocycles. The van der Waals surface area contributed by atoms with Crippen molar-refractivity contribution in [3.05, 3.63) is 54.1 Å².